The highest BCUT2D eigenvalue weighted by atomic mass is 32.2. The predicted molar refractivity (Wildman–Crippen MR) is 112 cm³/mol. The molecule has 0 atom stereocenters. The van der Waals surface area contributed by atoms with Gasteiger partial charge in [-0.2, -0.15) is 11.8 Å². The first-order valence-corrected chi connectivity index (χ1v) is 10.8. The van der Waals surface area contributed by atoms with Crippen LogP contribution >= 0.6 is 24.0 Å². The average molecular weight is 394 g/mol. The minimum atomic E-state index is -0.226. The Morgan fingerprint density at radius 2 is 1.85 bits per heavy atom. The molecule has 1 aromatic carbocycles. The molecular weight excluding hydrogens is 366 g/mol. The van der Waals surface area contributed by atoms with Crippen molar-refractivity contribution in [1.82, 2.24) is 9.80 Å². The molecule has 142 valence electrons. The zero-order chi connectivity index (χ0) is 18.4. The third-order valence-corrected chi connectivity index (χ3v) is 6.50. The van der Waals surface area contributed by atoms with Crippen LogP contribution in [0.15, 0.2) is 24.3 Å². The first kappa shape index (κ1) is 19.5. The Morgan fingerprint density at radius 1 is 1.19 bits per heavy atom. The molecule has 5 nitrogen and oxygen atoms in total. The Bertz CT molecular complexity index is 610. The van der Waals surface area contributed by atoms with Crippen LogP contribution in [0.3, 0.4) is 0 Å². The molecule has 0 spiro atoms. The van der Waals surface area contributed by atoms with Crippen LogP contribution in [0.5, 0.6) is 0 Å². The van der Waals surface area contributed by atoms with Crippen LogP contribution in [-0.4, -0.2) is 71.7 Å². The Hall–Kier alpha value is -1.31. The Balaban J connectivity index is 1.46. The quantitative estimate of drug-likeness (QED) is 0.623. The van der Waals surface area contributed by atoms with Crippen molar-refractivity contribution in [1.29, 1.82) is 0 Å². The van der Waals surface area contributed by atoms with E-state index in [2.05, 4.69) is 26.9 Å². The van der Waals surface area contributed by atoms with Gasteiger partial charge in [0.15, 0.2) is 5.11 Å². The van der Waals surface area contributed by atoms with Gasteiger partial charge in [-0.3, -0.25) is 9.69 Å². The van der Waals surface area contributed by atoms with Gasteiger partial charge in [-0.25, -0.2) is 0 Å². The molecule has 1 aromatic rings. The van der Waals surface area contributed by atoms with Crippen LogP contribution in [0.4, 0.5) is 5.69 Å². The molecule has 0 unspecified atom stereocenters. The summed E-state index contributed by atoms with van der Waals surface area (Å²) < 4.78 is 4.69. The van der Waals surface area contributed by atoms with Crippen LogP contribution < -0.4 is 5.32 Å². The monoisotopic (exact) mass is 393 g/mol. The number of benzene rings is 1. The molecule has 2 saturated heterocycles. The van der Waals surface area contributed by atoms with E-state index in [4.69, 9.17) is 17.0 Å². The summed E-state index contributed by atoms with van der Waals surface area (Å²) in [6.07, 6.45) is 2.94. The molecule has 0 saturated carbocycles. The fraction of sp³-hybridized carbons (Fsp3) is 0.579. The van der Waals surface area contributed by atoms with E-state index < -0.39 is 0 Å². The minimum absolute atomic E-state index is 0.226. The third-order valence-electron chi connectivity index (χ3n) is 5.09. The molecule has 1 N–H and O–H groups in total. The second kappa shape index (κ2) is 9.58. The summed E-state index contributed by atoms with van der Waals surface area (Å²) in [5.41, 5.74) is 1.89. The van der Waals surface area contributed by atoms with Crippen molar-refractivity contribution in [3.63, 3.8) is 0 Å². The number of thioether (sulfide) groups is 1. The second-order valence-corrected chi connectivity index (χ2v) is 8.36. The highest BCUT2D eigenvalue weighted by molar-refractivity contribution is 7.99. The zero-order valence-corrected chi connectivity index (χ0v) is 16.9. The van der Waals surface area contributed by atoms with Crippen molar-refractivity contribution in [3.8, 4) is 0 Å². The normalized spacial score (nSPS) is 19.2. The number of nitrogens with zero attached hydrogens (tertiary/aromatic N) is 2. The van der Waals surface area contributed by atoms with E-state index in [9.17, 15) is 4.79 Å². The molecule has 0 amide bonds. The Morgan fingerprint density at radius 3 is 2.46 bits per heavy atom. The summed E-state index contributed by atoms with van der Waals surface area (Å²) in [5.74, 6) is 2.38. The number of hydrogen-bond donors (Lipinski definition) is 1. The van der Waals surface area contributed by atoms with Crippen molar-refractivity contribution in [2.75, 3.05) is 50.1 Å². The topological polar surface area (TPSA) is 44.8 Å². The Labute approximate surface area is 165 Å². The fourth-order valence-electron chi connectivity index (χ4n) is 3.49. The SMILES string of the molecule is COC(=O)Cc1ccc(NC(=S)N2CCN(C3CCSCC3)CC2)cc1. The van der Waals surface area contributed by atoms with Crippen LogP contribution in [0.2, 0.25) is 0 Å². The summed E-state index contributed by atoms with van der Waals surface area (Å²) in [6.45, 7) is 4.15. The lowest BCUT2D eigenvalue weighted by atomic mass is 10.1. The summed E-state index contributed by atoms with van der Waals surface area (Å²) in [6, 6.07) is 8.55. The summed E-state index contributed by atoms with van der Waals surface area (Å²) in [4.78, 5) is 16.2. The van der Waals surface area contributed by atoms with E-state index in [0.29, 0.717) is 6.42 Å². The Kier molecular flexibility index (Phi) is 7.16. The highest BCUT2D eigenvalue weighted by Crippen LogP contribution is 2.23. The number of ether oxygens (including phenoxy) is 1. The first-order valence-electron chi connectivity index (χ1n) is 9.19. The van der Waals surface area contributed by atoms with Crippen LogP contribution in [0.25, 0.3) is 0 Å². The van der Waals surface area contributed by atoms with E-state index in [1.54, 1.807) is 0 Å². The van der Waals surface area contributed by atoms with Crippen LogP contribution in [0, 0.1) is 0 Å². The van der Waals surface area contributed by atoms with Crippen LogP contribution in [-0.2, 0) is 16.0 Å². The van der Waals surface area contributed by atoms with Gasteiger partial charge in [-0.15, -0.1) is 0 Å². The number of piperazine rings is 1. The molecule has 2 aliphatic heterocycles. The largest absolute Gasteiger partial charge is 0.469 e. The lowest BCUT2D eigenvalue weighted by molar-refractivity contribution is -0.139. The summed E-state index contributed by atoms with van der Waals surface area (Å²) >= 11 is 7.67. The molecule has 7 heteroatoms. The highest BCUT2D eigenvalue weighted by Gasteiger charge is 2.26. The van der Waals surface area contributed by atoms with Crippen molar-refractivity contribution >= 4 is 40.7 Å². The number of nitrogens with one attached hydrogen (secondary N) is 1. The van der Waals surface area contributed by atoms with Crippen molar-refractivity contribution in [2.45, 2.75) is 25.3 Å². The molecule has 26 heavy (non-hydrogen) atoms. The molecule has 2 heterocycles. The van der Waals surface area contributed by atoms with Crippen molar-refractivity contribution < 1.29 is 9.53 Å². The molecule has 2 fully saturated rings. The number of carbonyl (C=O) groups excluding carboxylic acids is 1. The molecular formula is C19H27N3O2S2. The van der Waals surface area contributed by atoms with E-state index >= 15 is 0 Å². The first-order chi connectivity index (χ1) is 12.7. The number of methoxy groups -OCH3 is 1. The van der Waals surface area contributed by atoms with Gasteiger partial charge in [0, 0.05) is 37.9 Å². The molecule has 2 aliphatic rings. The number of anilines is 1. The van der Waals surface area contributed by atoms with Gasteiger partial charge in [-0.05, 0) is 54.3 Å². The second-order valence-electron chi connectivity index (χ2n) is 6.75. The number of carbonyl (C=O) groups is 1. The van der Waals surface area contributed by atoms with Gasteiger partial charge < -0.3 is 15.0 Å². The maximum absolute atomic E-state index is 11.3. The molecule has 0 radical (unpaired) electrons. The van der Waals surface area contributed by atoms with Gasteiger partial charge in [0.25, 0.3) is 0 Å². The van der Waals surface area contributed by atoms with E-state index in [1.165, 1.54) is 31.5 Å². The van der Waals surface area contributed by atoms with E-state index in [1.807, 2.05) is 24.3 Å². The molecule has 0 aromatic heterocycles. The molecule has 0 aliphatic carbocycles. The minimum Gasteiger partial charge on any atom is -0.469 e. The number of hydrogen-bond acceptors (Lipinski definition) is 5. The zero-order valence-electron chi connectivity index (χ0n) is 15.3. The van der Waals surface area contributed by atoms with Gasteiger partial charge in [0.2, 0.25) is 0 Å². The number of thiocarbonyl (C=S) groups is 1. The summed E-state index contributed by atoms with van der Waals surface area (Å²) in [5, 5.41) is 4.10. The number of rotatable bonds is 4. The molecule has 3 rings (SSSR count). The third kappa shape index (κ3) is 5.34. The average Bonchev–Trinajstić information content (AvgIpc) is 2.70. The van der Waals surface area contributed by atoms with Crippen molar-refractivity contribution in [2.24, 2.45) is 0 Å². The van der Waals surface area contributed by atoms with Gasteiger partial charge >= 0.3 is 5.97 Å². The lowest BCUT2D eigenvalue weighted by Gasteiger charge is -2.41. The summed E-state index contributed by atoms with van der Waals surface area (Å²) in [7, 11) is 1.41. The smallest absolute Gasteiger partial charge is 0.309 e. The van der Waals surface area contributed by atoms with Gasteiger partial charge in [0.05, 0.1) is 13.5 Å². The maximum atomic E-state index is 11.3. The van der Waals surface area contributed by atoms with Gasteiger partial charge in [0.1, 0.15) is 0 Å². The van der Waals surface area contributed by atoms with Crippen molar-refractivity contribution in [3.05, 3.63) is 29.8 Å². The van der Waals surface area contributed by atoms with E-state index in [0.717, 1.165) is 48.6 Å². The molecule has 0 bridgehead atoms. The maximum Gasteiger partial charge on any atom is 0.309 e. The number of esters is 1. The fourth-order valence-corrected chi connectivity index (χ4v) is 4.87. The lowest BCUT2D eigenvalue weighted by Crippen LogP contribution is -2.53. The predicted octanol–water partition coefficient (Wildman–Crippen LogP) is 2.61. The van der Waals surface area contributed by atoms with E-state index in [-0.39, 0.29) is 5.97 Å². The van der Waals surface area contributed by atoms with Crippen LogP contribution in [0.1, 0.15) is 18.4 Å². The van der Waals surface area contributed by atoms with Gasteiger partial charge in [-0.1, -0.05) is 12.1 Å². The standard InChI is InChI=1S/C19H27N3O2S2/c1-24-18(23)14-15-2-4-16(5-3-15)20-19(25)22-10-8-21(9-11-22)17-6-12-26-13-7-17/h2-5,17H,6-14H2,1H3,(H,20,25).